The summed E-state index contributed by atoms with van der Waals surface area (Å²) in [6.45, 7) is 63.7. The van der Waals surface area contributed by atoms with Gasteiger partial charge in [-0.1, -0.05) is 266 Å². The zero-order valence-electron chi connectivity index (χ0n) is 66.2. The minimum atomic E-state index is -0.233. The summed E-state index contributed by atoms with van der Waals surface area (Å²) in [7, 11) is 0. The lowest BCUT2D eigenvalue weighted by Gasteiger charge is -2.43. The Hall–Kier alpha value is -8.54. The number of anilines is 5. The highest BCUT2D eigenvalue weighted by Gasteiger charge is 2.44. The second-order valence-electron chi connectivity index (χ2n) is 39.5. The Labute approximate surface area is 606 Å². The van der Waals surface area contributed by atoms with Crippen LogP contribution in [0.4, 0.5) is 28.4 Å². The van der Waals surface area contributed by atoms with E-state index >= 15 is 0 Å². The average Bonchev–Trinajstić information content (AvgIpc) is 1.10. The molecule has 10 aromatic carbocycles. The fourth-order valence-electron chi connectivity index (χ4n) is 16.0. The van der Waals surface area contributed by atoms with Crippen LogP contribution in [0.15, 0.2) is 176 Å². The molecule has 5 heteroatoms. The van der Waals surface area contributed by atoms with Crippen LogP contribution < -0.4 is 26.6 Å². The first-order valence-electron chi connectivity index (χ1n) is 37.4. The summed E-state index contributed by atoms with van der Waals surface area (Å²) in [5, 5.41) is 9.45. The zero-order valence-corrected chi connectivity index (χ0v) is 66.2. The summed E-state index contributed by atoms with van der Waals surface area (Å²) in [6.07, 6.45) is 0. The van der Waals surface area contributed by atoms with Crippen molar-refractivity contribution in [1.29, 1.82) is 0 Å². The first-order chi connectivity index (χ1) is 46.7. The summed E-state index contributed by atoms with van der Waals surface area (Å²) in [6, 6.07) is 71.0. The van der Waals surface area contributed by atoms with Gasteiger partial charge in [-0.25, -0.2) is 0 Å². The normalized spacial score (nSPS) is 14.1. The predicted molar refractivity (Wildman–Crippen MR) is 443 cm³/mol. The van der Waals surface area contributed by atoms with E-state index in [4.69, 9.17) is 0 Å². The van der Waals surface area contributed by atoms with Crippen LogP contribution in [0.1, 0.15) is 237 Å². The minimum absolute atomic E-state index is 0.0103. The molecule has 518 valence electrons. The third kappa shape index (κ3) is 12.1. The molecule has 2 aliphatic heterocycles. The first kappa shape index (κ1) is 69.5. The first-order valence-corrected chi connectivity index (χ1v) is 37.4. The fourth-order valence-corrected chi connectivity index (χ4v) is 16.0. The van der Waals surface area contributed by atoms with E-state index in [-0.39, 0.29) is 55.4 Å². The van der Waals surface area contributed by atoms with Gasteiger partial charge in [0.1, 0.15) is 0 Å². The van der Waals surface area contributed by atoms with Gasteiger partial charge in [0.25, 0.3) is 6.71 Å². The van der Waals surface area contributed by atoms with Gasteiger partial charge in [-0.2, -0.15) is 0 Å². The van der Waals surface area contributed by atoms with Crippen molar-refractivity contribution in [1.82, 2.24) is 9.13 Å². The monoisotopic (exact) mass is 1330 g/mol. The molecule has 14 rings (SSSR count). The fraction of sp³-hybridized carbons (Fsp3) is 0.375. The van der Waals surface area contributed by atoms with E-state index in [2.05, 4.69) is 382 Å². The number of aromatic nitrogens is 2. The SMILES string of the molecule is CC(C)(C)c1cc(-c2cc(C(C)(C)C)cc(-c3ccccc3C(C)(C)C)c2N2c3cc(-n4c5ccc(C(C)(C)C)cc5c5cc(C(C)(C)C)ccc54)ccc3B3c4ccc(-n5c6ccc(C(C)(C)C)cc6c6cc(C(C)(C)C)ccc65)cc4Nc4cc(C(C)(C)C)cc2c43)cc(C(C)(C)C)c1. The molecule has 0 saturated carbocycles. The van der Waals surface area contributed by atoms with Crippen molar-refractivity contribution in [2.45, 2.75) is 236 Å². The van der Waals surface area contributed by atoms with E-state index in [1.54, 1.807) is 0 Å². The molecule has 2 aromatic heterocycles. The van der Waals surface area contributed by atoms with Gasteiger partial charge in [0, 0.05) is 66.8 Å². The number of hydrogen-bond donors (Lipinski definition) is 1. The molecule has 0 fully saturated rings. The minimum Gasteiger partial charge on any atom is -0.356 e. The van der Waals surface area contributed by atoms with E-state index in [1.165, 1.54) is 149 Å². The van der Waals surface area contributed by atoms with E-state index in [1.807, 2.05) is 0 Å². The van der Waals surface area contributed by atoms with Gasteiger partial charge in [0.15, 0.2) is 0 Å². The van der Waals surface area contributed by atoms with Gasteiger partial charge in [0.05, 0.1) is 27.8 Å². The third-order valence-corrected chi connectivity index (χ3v) is 22.4. The average molecular weight is 1330 g/mol. The highest BCUT2D eigenvalue weighted by atomic mass is 15.2. The van der Waals surface area contributed by atoms with Crippen LogP contribution in [0.2, 0.25) is 0 Å². The van der Waals surface area contributed by atoms with Crippen molar-refractivity contribution in [3.05, 3.63) is 226 Å². The second kappa shape index (κ2) is 23.0. The molecule has 0 spiro atoms. The lowest BCUT2D eigenvalue weighted by atomic mass is 9.33. The van der Waals surface area contributed by atoms with Gasteiger partial charge in [-0.05, 0) is 223 Å². The maximum Gasteiger partial charge on any atom is 0.252 e. The Morgan fingerprint density at radius 1 is 0.277 bits per heavy atom. The number of nitrogens with zero attached hydrogens (tertiary/aromatic N) is 3. The van der Waals surface area contributed by atoms with E-state index < -0.39 is 0 Å². The molecule has 12 aromatic rings. The highest BCUT2D eigenvalue weighted by molar-refractivity contribution is 7.00. The maximum absolute atomic E-state index is 4.31. The maximum atomic E-state index is 4.31. The van der Waals surface area contributed by atoms with Gasteiger partial charge in [-0.3, -0.25) is 0 Å². The molecule has 2 aliphatic rings. The topological polar surface area (TPSA) is 25.1 Å². The summed E-state index contributed by atoms with van der Waals surface area (Å²) in [5.74, 6) is 0. The molecule has 0 atom stereocenters. The molecule has 0 amide bonds. The molecule has 0 aliphatic carbocycles. The van der Waals surface area contributed by atoms with Crippen LogP contribution in [-0.2, 0) is 48.7 Å². The quantitative estimate of drug-likeness (QED) is 0.174. The van der Waals surface area contributed by atoms with Crippen molar-refractivity contribution in [2.75, 3.05) is 10.2 Å². The van der Waals surface area contributed by atoms with Crippen molar-refractivity contribution in [3.8, 4) is 33.6 Å². The predicted octanol–water partition coefficient (Wildman–Crippen LogP) is 25.2. The van der Waals surface area contributed by atoms with Crippen LogP contribution >= 0.6 is 0 Å². The Kier molecular flexibility index (Phi) is 15.8. The van der Waals surface area contributed by atoms with Crippen molar-refractivity contribution in [3.63, 3.8) is 0 Å². The molecule has 0 unspecified atom stereocenters. The Balaban J connectivity index is 1.14. The van der Waals surface area contributed by atoms with Gasteiger partial charge >= 0.3 is 0 Å². The van der Waals surface area contributed by atoms with Crippen molar-refractivity contribution < 1.29 is 0 Å². The highest BCUT2D eigenvalue weighted by Crippen LogP contribution is 2.54. The zero-order chi connectivity index (χ0) is 72.9. The molecular formula is C96H111BN4. The van der Waals surface area contributed by atoms with Gasteiger partial charge in [-0.15, -0.1) is 0 Å². The molecule has 0 bridgehead atoms. The van der Waals surface area contributed by atoms with E-state index in [0.29, 0.717) is 0 Å². The van der Waals surface area contributed by atoms with Crippen LogP contribution in [0.3, 0.4) is 0 Å². The number of nitrogens with one attached hydrogen (secondary N) is 1. The molecule has 1 N–H and O–H groups in total. The van der Waals surface area contributed by atoms with E-state index in [9.17, 15) is 0 Å². The number of benzene rings is 10. The van der Waals surface area contributed by atoms with Gasteiger partial charge < -0.3 is 19.4 Å². The largest absolute Gasteiger partial charge is 0.356 e. The Morgan fingerprint density at radius 3 is 1.09 bits per heavy atom. The van der Waals surface area contributed by atoms with Crippen molar-refractivity contribution in [2.24, 2.45) is 0 Å². The smallest absolute Gasteiger partial charge is 0.252 e. The lowest BCUT2D eigenvalue weighted by Crippen LogP contribution is -2.60. The summed E-state index contributed by atoms with van der Waals surface area (Å²) >= 11 is 0. The molecular weight excluding hydrogens is 1220 g/mol. The van der Waals surface area contributed by atoms with Crippen LogP contribution in [-0.4, -0.2) is 15.8 Å². The summed E-state index contributed by atoms with van der Waals surface area (Å²) < 4.78 is 5.11. The van der Waals surface area contributed by atoms with Crippen molar-refractivity contribution >= 4 is 95.1 Å². The Bertz CT molecular complexity index is 5200. The number of hydrogen-bond acceptors (Lipinski definition) is 2. The number of rotatable bonds is 5. The summed E-state index contributed by atoms with van der Waals surface area (Å²) in [5.41, 5.74) is 32.6. The molecule has 4 nitrogen and oxygen atoms in total. The molecule has 0 saturated heterocycles. The van der Waals surface area contributed by atoms with Crippen LogP contribution in [0, 0.1) is 0 Å². The van der Waals surface area contributed by atoms with Gasteiger partial charge in [0.2, 0.25) is 0 Å². The number of fused-ring (bicyclic) bond motifs is 10. The van der Waals surface area contributed by atoms with Crippen LogP contribution in [0.5, 0.6) is 0 Å². The standard InChI is InChI=1S/C96H111BN4/c1-88(2,3)58-32-40-80-70(47-58)71-48-59(89(4,5)6)33-41-81(71)99(80)66-36-38-76-78(55-66)98-79-53-65(95(22,23)24)54-85-86(79)97(76)77-39-37-67(100-82-42-34-60(90(7,8)9)49-72(82)73-50-61(91(10,11)12)35-43-83(73)100)56-84(77)101(85)87-69(57-44-62(92(13,14)15)46-63(45-57)93(16,17)18)51-64(94(19,20)21)52-74(87)68-30-28-29-31-75(68)96(25,26)27/h28-56,98H,1-27H3. The lowest BCUT2D eigenvalue weighted by molar-refractivity contribution is 0.569. The van der Waals surface area contributed by atoms with E-state index in [0.717, 1.165) is 22.7 Å². The molecule has 4 heterocycles. The third-order valence-electron chi connectivity index (χ3n) is 22.4. The second-order valence-corrected chi connectivity index (χ2v) is 39.5. The molecule has 0 radical (unpaired) electrons. The van der Waals surface area contributed by atoms with Crippen LogP contribution in [0.25, 0.3) is 77.2 Å². The molecule has 101 heavy (non-hydrogen) atoms. The Morgan fingerprint density at radius 2 is 0.663 bits per heavy atom. The summed E-state index contributed by atoms with van der Waals surface area (Å²) in [4.78, 5) is 2.78.